The van der Waals surface area contributed by atoms with E-state index in [-0.39, 0.29) is 0 Å². The number of rotatable bonds is 3. The van der Waals surface area contributed by atoms with Gasteiger partial charge in [0.15, 0.2) is 9.84 Å². The summed E-state index contributed by atoms with van der Waals surface area (Å²) in [6.45, 7) is 4.64. The van der Waals surface area contributed by atoms with E-state index < -0.39 is 9.84 Å². The van der Waals surface area contributed by atoms with Crippen molar-refractivity contribution in [3.63, 3.8) is 0 Å². The molecule has 1 aliphatic heterocycles. The minimum atomic E-state index is -2.76. The van der Waals surface area contributed by atoms with Crippen molar-refractivity contribution in [2.75, 3.05) is 38.2 Å². The van der Waals surface area contributed by atoms with Gasteiger partial charge < -0.3 is 5.32 Å². The van der Waals surface area contributed by atoms with E-state index in [1.165, 1.54) is 0 Å². The maximum atomic E-state index is 11.4. The first-order chi connectivity index (χ1) is 6.55. The second-order valence-electron chi connectivity index (χ2n) is 3.95. The van der Waals surface area contributed by atoms with Crippen molar-refractivity contribution in [1.29, 1.82) is 0 Å². The van der Waals surface area contributed by atoms with Gasteiger partial charge in [-0.1, -0.05) is 0 Å². The van der Waals surface area contributed by atoms with Gasteiger partial charge in [-0.05, 0) is 26.9 Å². The van der Waals surface area contributed by atoms with Crippen LogP contribution in [0.3, 0.4) is 0 Å². The van der Waals surface area contributed by atoms with Gasteiger partial charge in [0.2, 0.25) is 0 Å². The number of sulfone groups is 1. The molecule has 1 saturated heterocycles. The minimum absolute atomic E-state index is 0.320. The van der Waals surface area contributed by atoms with Crippen molar-refractivity contribution in [2.24, 2.45) is 0 Å². The topological polar surface area (TPSA) is 49.4 Å². The van der Waals surface area contributed by atoms with E-state index in [9.17, 15) is 8.42 Å². The van der Waals surface area contributed by atoms with Crippen LogP contribution < -0.4 is 5.32 Å². The summed E-state index contributed by atoms with van der Waals surface area (Å²) >= 11 is 0. The molecule has 0 aromatic heterocycles. The number of likely N-dealkylation sites (N-methyl/N-ethyl adjacent to an activating group) is 1. The molecule has 1 aliphatic rings. The van der Waals surface area contributed by atoms with Gasteiger partial charge in [0.05, 0.1) is 11.5 Å². The smallest absolute Gasteiger partial charge is 0.151 e. The van der Waals surface area contributed by atoms with Gasteiger partial charge in [0.1, 0.15) is 0 Å². The van der Waals surface area contributed by atoms with Crippen LogP contribution in [0.15, 0.2) is 0 Å². The Labute approximate surface area is 86.6 Å². The summed E-state index contributed by atoms with van der Waals surface area (Å²) in [6, 6.07) is 0.424. The lowest BCUT2D eigenvalue weighted by Gasteiger charge is -2.26. The minimum Gasteiger partial charge on any atom is -0.318 e. The summed E-state index contributed by atoms with van der Waals surface area (Å²) in [5.74, 6) is 0.677. The fourth-order valence-corrected chi connectivity index (χ4v) is 3.11. The zero-order chi connectivity index (χ0) is 10.6. The Hall–Kier alpha value is -0.130. The van der Waals surface area contributed by atoms with Gasteiger partial charge in [-0.3, -0.25) is 4.90 Å². The first kappa shape index (κ1) is 11.9. The molecule has 1 rings (SSSR count). The predicted octanol–water partition coefficient (Wildman–Crippen LogP) is -0.285. The van der Waals surface area contributed by atoms with Crippen LogP contribution in [0, 0.1) is 0 Å². The summed E-state index contributed by atoms with van der Waals surface area (Å²) in [5, 5.41) is 3.11. The van der Waals surface area contributed by atoms with E-state index in [1.807, 2.05) is 7.05 Å². The van der Waals surface area contributed by atoms with Gasteiger partial charge in [0.25, 0.3) is 0 Å². The van der Waals surface area contributed by atoms with Gasteiger partial charge in [-0.2, -0.15) is 0 Å². The van der Waals surface area contributed by atoms with E-state index in [1.54, 1.807) is 0 Å². The molecular weight excluding hydrogens is 200 g/mol. The van der Waals surface area contributed by atoms with Crippen LogP contribution in [0.4, 0.5) is 0 Å². The molecule has 84 valence electrons. The van der Waals surface area contributed by atoms with Gasteiger partial charge in [-0.15, -0.1) is 0 Å². The highest BCUT2D eigenvalue weighted by molar-refractivity contribution is 7.91. The molecule has 0 spiro atoms. The summed E-state index contributed by atoms with van der Waals surface area (Å²) in [6.07, 6.45) is 0.774. The zero-order valence-electron chi connectivity index (χ0n) is 8.99. The highest BCUT2D eigenvalue weighted by Crippen LogP contribution is 2.07. The van der Waals surface area contributed by atoms with E-state index in [4.69, 9.17) is 0 Å². The first-order valence-electron chi connectivity index (χ1n) is 5.14. The number of nitrogens with one attached hydrogen (secondary N) is 1. The molecule has 0 amide bonds. The molecule has 1 atom stereocenters. The molecule has 14 heavy (non-hydrogen) atoms. The number of nitrogens with zero attached hydrogens (tertiary/aromatic N) is 1. The number of hydrogen-bond donors (Lipinski definition) is 1. The van der Waals surface area contributed by atoms with Crippen molar-refractivity contribution in [3.8, 4) is 0 Å². The molecule has 0 aliphatic carbocycles. The highest BCUT2D eigenvalue weighted by Gasteiger charge is 2.21. The maximum Gasteiger partial charge on any atom is 0.151 e. The molecule has 1 N–H and O–H groups in total. The van der Waals surface area contributed by atoms with Crippen LogP contribution in [-0.2, 0) is 9.84 Å². The van der Waals surface area contributed by atoms with Crippen molar-refractivity contribution in [2.45, 2.75) is 19.4 Å². The Kier molecular flexibility index (Phi) is 4.34. The van der Waals surface area contributed by atoms with Crippen molar-refractivity contribution >= 4 is 9.84 Å². The quantitative estimate of drug-likeness (QED) is 0.710. The normalized spacial score (nSPS) is 25.6. The van der Waals surface area contributed by atoms with Crippen molar-refractivity contribution in [3.05, 3.63) is 0 Å². The summed E-state index contributed by atoms with van der Waals surface area (Å²) in [5.41, 5.74) is 0. The van der Waals surface area contributed by atoms with Crippen molar-refractivity contribution < 1.29 is 8.42 Å². The Morgan fingerprint density at radius 2 is 2.07 bits per heavy atom. The Morgan fingerprint density at radius 1 is 1.36 bits per heavy atom. The van der Waals surface area contributed by atoms with E-state index >= 15 is 0 Å². The predicted molar refractivity (Wildman–Crippen MR) is 58.2 cm³/mol. The fraction of sp³-hybridized carbons (Fsp3) is 1.00. The van der Waals surface area contributed by atoms with Gasteiger partial charge in [0, 0.05) is 19.1 Å². The van der Waals surface area contributed by atoms with E-state index in [0.29, 0.717) is 24.1 Å². The molecule has 1 heterocycles. The average Bonchev–Trinajstić information content (AvgIpc) is 2.27. The first-order valence-corrected chi connectivity index (χ1v) is 6.96. The molecule has 0 saturated carbocycles. The molecular formula is C9H20N2O2S. The van der Waals surface area contributed by atoms with E-state index in [0.717, 1.165) is 19.5 Å². The Balaban J connectivity index is 2.49. The van der Waals surface area contributed by atoms with E-state index in [2.05, 4.69) is 17.1 Å². The second-order valence-corrected chi connectivity index (χ2v) is 6.25. The van der Waals surface area contributed by atoms with Gasteiger partial charge in [-0.25, -0.2) is 8.42 Å². The molecule has 1 fully saturated rings. The molecule has 1 unspecified atom stereocenters. The van der Waals surface area contributed by atoms with Crippen LogP contribution in [0.1, 0.15) is 13.3 Å². The van der Waals surface area contributed by atoms with Gasteiger partial charge >= 0.3 is 0 Å². The monoisotopic (exact) mass is 220 g/mol. The molecule has 5 heteroatoms. The molecule has 4 nitrogen and oxygen atoms in total. The fourth-order valence-electron chi connectivity index (χ4n) is 1.82. The standard InChI is InChI=1S/C9H20N2O2S/c1-9(8-10-2)11-4-3-6-14(12,13)7-5-11/h9-10H,3-8H2,1-2H3. The van der Waals surface area contributed by atoms with Crippen LogP contribution in [0.2, 0.25) is 0 Å². The SMILES string of the molecule is CNCC(C)N1CCCS(=O)(=O)CC1. The third kappa shape index (κ3) is 3.55. The lowest BCUT2D eigenvalue weighted by Crippen LogP contribution is -2.41. The third-order valence-corrected chi connectivity index (χ3v) is 4.43. The van der Waals surface area contributed by atoms with Crippen LogP contribution >= 0.6 is 0 Å². The molecule has 0 radical (unpaired) electrons. The number of hydrogen-bond acceptors (Lipinski definition) is 4. The van der Waals surface area contributed by atoms with Crippen LogP contribution in [0.5, 0.6) is 0 Å². The summed E-state index contributed by atoms with van der Waals surface area (Å²) in [7, 11) is -0.841. The lowest BCUT2D eigenvalue weighted by atomic mass is 10.2. The third-order valence-electron chi connectivity index (χ3n) is 2.71. The lowest BCUT2D eigenvalue weighted by molar-refractivity contribution is 0.223. The highest BCUT2D eigenvalue weighted by atomic mass is 32.2. The maximum absolute atomic E-state index is 11.4. The molecule has 0 bridgehead atoms. The molecule has 0 aromatic rings. The Bertz CT molecular complexity index is 264. The van der Waals surface area contributed by atoms with Crippen LogP contribution in [0.25, 0.3) is 0 Å². The summed E-state index contributed by atoms with van der Waals surface area (Å²) < 4.78 is 22.7. The Morgan fingerprint density at radius 3 is 2.71 bits per heavy atom. The second kappa shape index (κ2) is 5.09. The van der Waals surface area contributed by atoms with Crippen molar-refractivity contribution in [1.82, 2.24) is 10.2 Å². The summed E-state index contributed by atoms with van der Waals surface area (Å²) in [4.78, 5) is 2.25. The largest absolute Gasteiger partial charge is 0.318 e. The molecule has 0 aromatic carbocycles. The van der Waals surface area contributed by atoms with Crippen LogP contribution in [-0.4, -0.2) is 57.5 Å². The zero-order valence-corrected chi connectivity index (χ0v) is 9.81. The average molecular weight is 220 g/mol.